The lowest BCUT2D eigenvalue weighted by Gasteiger charge is -2.13. The van der Waals surface area contributed by atoms with Crippen LogP contribution in [-0.4, -0.2) is 23.3 Å². The first-order valence-corrected chi connectivity index (χ1v) is 6.72. The van der Waals surface area contributed by atoms with Crippen molar-refractivity contribution in [1.82, 2.24) is 4.98 Å². The van der Waals surface area contributed by atoms with E-state index in [1.807, 2.05) is 25.3 Å². The quantitative estimate of drug-likeness (QED) is 0.576. The number of esters is 1. The second-order valence-corrected chi connectivity index (χ2v) is 5.17. The monoisotopic (exact) mass is 253 g/mol. The molecule has 4 heteroatoms. The Hall–Kier alpha value is -1.03. The molecule has 3 nitrogen and oxygen atoms in total. The van der Waals surface area contributed by atoms with E-state index < -0.39 is 0 Å². The number of thioether (sulfide) groups is 1. The van der Waals surface area contributed by atoms with E-state index in [0.717, 1.165) is 29.9 Å². The zero-order chi connectivity index (χ0) is 12.7. The summed E-state index contributed by atoms with van der Waals surface area (Å²) in [6.45, 7) is 4.11. The molecule has 0 radical (unpaired) electrons. The number of aryl methyl sites for hydroxylation is 1. The van der Waals surface area contributed by atoms with E-state index in [9.17, 15) is 4.79 Å². The zero-order valence-electron chi connectivity index (χ0n) is 10.6. The summed E-state index contributed by atoms with van der Waals surface area (Å²) in [7, 11) is 1.43. The standard InChI is InChI=1S/C13H19NO2S/c1-4-5-6-11(13(15)16-3)17-12-8-7-10(2)9-14-12/h7-9,11H,4-6H2,1-3H3. The molecule has 0 aromatic carbocycles. The summed E-state index contributed by atoms with van der Waals surface area (Å²) in [5.41, 5.74) is 1.12. The Bertz CT molecular complexity index is 351. The molecule has 17 heavy (non-hydrogen) atoms. The first kappa shape index (κ1) is 14.0. The van der Waals surface area contributed by atoms with Gasteiger partial charge in [-0.25, -0.2) is 4.98 Å². The average Bonchev–Trinajstić information content (AvgIpc) is 2.36. The van der Waals surface area contributed by atoms with Crippen LogP contribution in [0.5, 0.6) is 0 Å². The molecule has 0 N–H and O–H groups in total. The molecule has 1 unspecified atom stereocenters. The van der Waals surface area contributed by atoms with Crippen molar-refractivity contribution in [3.8, 4) is 0 Å². The molecule has 1 atom stereocenters. The third kappa shape index (κ3) is 4.77. The lowest BCUT2D eigenvalue weighted by Crippen LogP contribution is -2.18. The highest BCUT2D eigenvalue weighted by Gasteiger charge is 2.20. The van der Waals surface area contributed by atoms with Gasteiger partial charge in [0.25, 0.3) is 0 Å². The number of aromatic nitrogens is 1. The van der Waals surface area contributed by atoms with Crippen LogP contribution in [0.4, 0.5) is 0 Å². The number of hydrogen-bond acceptors (Lipinski definition) is 4. The highest BCUT2D eigenvalue weighted by molar-refractivity contribution is 8.00. The SMILES string of the molecule is CCCCC(Sc1ccc(C)cn1)C(=O)OC. The van der Waals surface area contributed by atoms with Crippen molar-refractivity contribution >= 4 is 17.7 Å². The fraction of sp³-hybridized carbons (Fsp3) is 0.538. The van der Waals surface area contributed by atoms with Gasteiger partial charge in [0.1, 0.15) is 5.25 Å². The van der Waals surface area contributed by atoms with Gasteiger partial charge in [-0.3, -0.25) is 4.79 Å². The largest absolute Gasteiger partial charge is 0.468 e. The second kappa shape index (κ2) is 7.33. The molecule has 0 fully saturated rings. The fourth-order valence-corrected chi connectivity index (χ4v) is 2.44. The molecule has 0 amide bonds. The molecule has 94 valence electrons. The number of carbonyl (C=O) groups is 1. The van der Waals surface area contributed by atoms with Gasteiger partial charge >= 0.3 is 5.97 Å². The maximum atomic E-state index is 11.6. The Morgan fingerprint density at radius 1 is 1.53 bits per heavy atom. The van der Waals surface area contributed by atoms with Crippen molar-refractivity contribution in [2.24, 2.45) is 0 Å². The van der Waals surface area contributed by atoms with E-state index in [-0.39, 0.29) is 11.2 Å². The summed E-state index contributed by atoms with van der Waals surface area (Å²) in [5.74, 6) is -0.161. The molecule has 0 saturated heterocycles. The summed E-state index contributed by atoms with van der Waals surface area (Å²) < 4.78 is 4.82. The topological polar surface area (TPSA) is 39.2 Å². The van der Waals surface area contributed by atoms with Crippen LogP contribution < -0.4 is 0 Å². The van der Waals surface area contributed by atoms with Crippen molar-refractivity contribution in [1.29, 1.82) is 0 Å². The number of ether oxygens (including phenoxy) is 1. The van der Waals surface area contributed by atoms with E-state index in [2.05, 4.69) is 11.9 Å². The van der Waals surface area contributed by atoms with Crippen LogP contribution in [0, 0.1) is 6.92 Å². The van der Waals surface area contributed by atoms with Gasteiger partial charge in [0.15, 0.2) is 0 Å². The number of nitrogens with zero attached hydrogens (tertiary/aromatic N) is 1. The Morgan fingerprint density at radius 2 is 2.29 bits per heavy atom. The van der Waals surface area contributed by atoms with Crippen LogP contribution in [0.1, 0.15) is 31.7 Å². The van der Waals surface area contributed by atoms with Gasteiger partial charge in [0.2, 0.25) is 0 Å². The molecule has 0 aliphatic heterocycles. The predicted molar refractivity (Wildman–Crippen MR) is 70.2 cm³/mol. The summed E-state index contributed by atoms with van der Waals surface area (Å²) >= 11 is 1.48. The van der Waals surface area contributed by atoms with E-state index in [1.165, 1.54) is 18.9 Å². The number of rotatable bonds is 6. The van der Waals surface area contributed by atoms with Crippen LogP contribution in [0.25, 0.3) is 0 Å². The molecule has 0 saturated carbocycles. The number of pyridine rings is 1. The number of hydrogen-bond donors (Lipinski definition) is 0. The molecule has 1 rings (SSSR count). The number of methoxy groups -OCH3 is 1. The molecule has 1 aromatic heterocycles. The van der Waals surface area contributed by atoms with Crippen molar-refractivity contribution in [3.63, 3.8) is 0 Å². The normalized spacial score (nSPS) is 12.2. The number of unbranched alkanes of at least 4 members (excludes halogenated alkanes) is 1. The summed E-state index contributed by atoms with van der Waals surface area (Å²) in [4.78, 5) is 15.9. The van der Waals surface area contributed by atoms with Gasteiger partial charge in [0.05, 0.1) is 12.1 Å². The predicted octanol–water partition coefficient (Wildman–Crippen LogP) is 3.21. The van der Waals surface area contributed by atoms with E-state index in [1.54, 1.807) is 0 Å². The highest BCUT2D eigenvalue weighted by Crippen LogP contribution is 2.26. The zero-order valence-corrected chi connectivity index (χ0v) is 11.4. The average molecular weight is 253 g/mol. The second-order valence-electron chi connectivity index (χ2n) is 3.95. The fourth-order valence-electron chi connectivity index (χ4n) is 1.42. The van der Waals surface area contributed by atoms with Crippen molar-refractivity contribution in [3.05, 3.63) is 23.9 Å². The lowest BCUT2D eigenvalue weighted by atomic mass is 10.2. The van der Waals surface area contributed by atoms with Crippen molar-refractivity contribution in [2.75, 3.05) is 7.11 Å². The van der Waals surface area contributed by atoms with Crippen molar-refractivity contribution in [2.45, 2.75) is 43.4 Å². The molecule has 0 bridgehead atoms. The highest BCUT2D eigenvalue weighted by atomic mass is 32.2. The molecular formula is C13H19NO2S. The molecule has 0 aliphatic rings. The van der Waals surface area contributed by atoms with Crippen molar-refractivity contribution < 1.29 is 9.53 Å². The first-order valence-electron chi connectivity index (χ1n) is 5.84. The Balaban J connectivity index is 2.64. The van der Waals surface area contributed by atoms with Gasteiger partial charge in [-0.05, 0) is 25.0 Å². The third-order valence-electron chi connectivity index (χ3n) is 2.43. The lowest BCUT2D eigenvalue weighted by molar-refractivity contribution is -0.140. The minimum Gasteiger partial charge on any atom is -0.468 e. The van der Waals surface area contributed by atoms with Crippen LogP contribution >= 0.6 is 11.8 Å². The summed E-state index contributed by atoms with van der Waals surface area (Å²) in [6.07, 6.45) is 4.76. The maximum Gasteiger partial charge on any atom is 0.319 e. The molecule has 0 aliphatic carbocycles. The summed E-state index contributed by atoms with van der Waals surface area (Å²) in [5, 5.41) is 0.734. The van der Waals surface area contributed by atoms with Crippen LogP contribution in [0.2, 0.25) is 0 Å². The van der Waals surface area contributed by atoms with Gasteiger partial charge < -0.3 is 4.74 Å². The van der Waals surface area contributed by atoms with Crippen LogP contribution in [0.15, 0.2) is 23.4 Å². The van der Waals surface area contributed by atoms with Gasteiger partial charge in [0, 0.05) is 6.20 Å². The maximum absolute atomic E-state index is 11.6. The van der Waals surface area contributed by atoms with Gasteiger partial charge in [-0.2, -0.15) is 0 Å². The summed E-state index contributed by atoms with van der Waals surface area (Å²) in [6, 6.07) is 3.95. The smallest absolute Gasteiger partial charge is 0.319 e. The Labute approximate surface area is 107 Å². The van der Waals surface area contributed by atoms with Crippen LogP contribution in [0.3, 0.4) is 0 Å². The Kier molecular flexibility index (Phi) is 6.05. The van der Waals surface area contributed by atoms with E-state index in [4.69, 9.17) is 4.74 Å². The molecule has 0 spiro atoms. The van der Waals surface area contributed by atoms with E-state index in [0.29, 0.717) is 0 Å². The molecular weight excluding hydrogens is 234 g/mol. The van der Waals surface area contributed by atoms with Gasteiger partial charge in [-0.1, -0.05) is 37.6 Å². The minimum absolute atomic E-state index is 0.143. The van der Waals surface area contributed by atoms with Crippen LogP contribution in [-0.2, 0) is 9.53 Å². The molecule has 1 aromatic rings. The molecule has 1 heterocycles. The van der Waals surface area contributed by atoms with E-state index >= 15 is 0 Å². The minimum atomic E-state index is -0.161. The van der Waals surface area contributed by atoms with Gasteiger partial charge in [-0.15, -0.1) is 0 Å². The third-order valence-corrected chi connectivity index (χ3v) is 3.63. The Morgan fingerprint density at radius 3 is 2.82 bits per heavy atom. The number of carbonyl (C=O) groups excluding carboxylic acids is 1. The first-order chi connectivity index (χ1) is 8.17.